The molecule has 1 aliphatic heterocycles. The second-order valence-electron chi connectivity index (χ2n) is 6.09. The average Bonchev–Trinajstić information content (AvgIpc) is 2.70. The van der Waals surface area contributed by atoms with Crippen molar-refractivity contribution in [1.82, 2.24) is 4.90 Å². The highest BCUT2D eigenvalue weighted by Gasteiger charge is 2.18. The molecule has 142 valence electrons. The van der Waals surface area contributed by atoms with E-state index in [1.165, 1.54) is 0 Å². The summed E-state index contributed by atoms with van der Waals surface area (Å²) >= 11 is 5.82. The normalized spacial score (nSPS) is 13.9. The molecule has 3 rings (SSSR count). The van der Waals surface area contributed by atoms with Gasteiger partial charge in [0.15, 0.2) is 0 Å². The molecule has 0 unspecified atom stereocenters. The summed E-state index contributed by atoms with van der Waals surface area (Å²) in [5, 5.41) is 3.43. The van der Waals surface area contributed by atoms with E-state index in [1.807, 2.05) is 0 Å². The van der Waals surface area contributed by atoms with E-state index in [4.69, 9.17) is 21.1 Å². The molecule has 1 N–H and O–H groups in total. The van der Waals surface area contributed by atoms with Crippen LogP contribution in [0.25, 0.3) is 0 Å². The molecule has 1 saturated heterocycles. The van der Waals surface area contributed by atoms with E-state index >= 15 is 0 Å². The van der Waals surface area contributed by atoms with Crippen LogP contribution in [0.1, 0.15) is 16.8 Å². The minimum Gasteiger partial charge on any atom is -0.493 e. The maximum Gasteiger partial charge on any atom is 0.254 e. The Morgan fingerprint density at radius 3 is 2.59 bits per heavy atom. The second kappa shape index (κ2) is 9.39. The number of nitrogens with zero attached hydrogens (tertiary/aromatic N) is 1. The third-order valence-corrected chi connectivity index (χ3v) is 4.36. The van der Waals surface area contributed by atoms with Gasteiger partial charge in [-0.05, 0) is 42.5 Å². The predicted octanol–water partition coefficient (Wildman–Crippen LogP) is 3.22. The molecule has 27 heavy (non-hydrogen) atoms. The van der Waals surface area contributed by atoms with Gasteiger partial charge in [0.1, 0.15) is 5.75 Å². The van der Waals surface area contributed by atoms with Crippen LogP contribution in [0.4, 0.5) is 5.69 Å². The fourth-order valence-corrected chi connectivity index (χ4v) is 2.82. The highest BCUT2D eigenvalue weighted by atomic mass is 35.5. The van der Waals surface area contributed by atoms with E-state index in [9.17, 15) is 9.59 Å². The molecule has 7 heteroatoms. The fraction of sp³-hybridized carbons (Fsp3) is 0.300. The molecule has 1 fully saturated rings. The number of halogens is 1. The smallest absolute Gasteiger partial charge is 0.254 e. The third kappa shape index (κ3) is 5.70. The Morgan fingerprint density at radius 1 is 1.11 bits per heavy atom. The zero-order chi connectivity index (χ0) is 19.1. The number of morpholine rings is 1. The number of carbonyl (C=O) groups excluding carboxylic acids is 2. The van der Waals surface area contributed by atoms with Crippen LogP contribution in [0.15, 0.2) is 48.5 Å². The quantitative estimate of drug-likeness (QED) is 0.825. The lowest BCUT2D eigenvalue weighted by Crippen LogP contribution is -2.40. The van der Waals surface area contributed by atoms with Gasteiger partial charge in [0, 0.05) is 29.4 Å². The Bertz CT molecular complexity index is 789. The number of hydrogen-bond donors (Lipinski definition) is 1. The lowest BCUT2D eigenvalue weighted by Gasteiger charge is -2.27. The minimum absolute atomic E-state index is 0.0551. The van der Waals surface area contributed by atoms with Gasteiger partial charge in [-0.1, -0.05) is 17.7 Å². The predicted molar refractivity (Wildman–Crippen MR) is 103 cm³/mol. The first kappa shape index (κ1) is 19.2. The summed E-state index contributed by atoms with van der Waals surface area (Å²) in [5.74, 6) is 0.422. The average molecular weight is 389 g/mol. The van der Waals surface area contributed by atoms with Crippen molar-refractivity contribution in [3.63, 3.8) is 0 Å². The first-order chi connectivity index (χ1) is 13.1. The molecule has 0 atom stereocenters. The van der Waals surface area contributed by atoms with E-state index in [-0.39, 0.29) is 24.8 Å². The molecular formula is C20H21ClN2O4. The maximum absolute atomic E-state index is 12.5. The van der Waals surface area contributed by atoms with Gasteiger partial charge in [-0.15, -0.1) is 0 Å². The summed E-state index contributed by atoms with van der Waals surface area (Å²) in [5.41, 5.74) is 1.14. The molecular weight excluding hydrogens is 368 g/mol. The van der Waals surface area contributed by atoms with E-state index in [1.54, 1.807) is 53.4 Å². The molecule has 0 bridgehead atoms. The lowest BCUT2D eigenvalue weighted by molar-refractivity contribution is -0.116. The van der Waals surface area contributed by atoms with Crippen molar-refractivity contribution in [2.45, 2.75) is 6.42 Å². The van der Waals surface area contributed by atoms with Crippen LogP contribution in [0.5, 0.6) is 5.75 Å². The third-order valence-electron chi connectivity index (χ3n) is 4.10. The standard InChI is InChI=1S/C20H21ClN2O4/c21-16-4-6-18(7-5-16)27-11-8-19(24)22-17-3-1-2-15(14-17)20(25)23-9-12-26-13-10-23/h1-7,14H,8-13H2,(H,22,24). The number of rotatable bonds is 6. The first-order valence-corrected chi connectivity index (χ1v) is 9.15. The fourth-order valence-electron chi connectivity index (χ4n) is 2.69. The summed E-state index contributed by atoms with van der Waals surface area (Å²) in [7, 11) is 0. The summed E-state index contributed by atoms with van der Waals surface area (Å²) in [4.78, 5) is 26.4. The van der Waals surface area contributed by atoms with Gasteiger partial charge in [-0.3, -0.25) is 9.59 Å². The largest absolute Gasteiger partial charge is 0.493 e. The van der Waals surface area contributed by atoms with Crippen LogP contribution >= 0.6 is 11.6 Å². The number of nitrogens with one attached hydrogen (secondary N) is 1. The van der Waals surface area contributed by atoms with Crippen LogP contribution in [-0.2, 0) is 9.53 Å². The monoisotopic (exact) mass is 388 g/mol. The van der Waals surface area contributed by atoms with Crippen LogP contribution in [0, 0.1) is 0 Å². The van der Waals surface area contributed by atoms with E-state index in [2.05, 4.69) is 5.32 Å². The zero-order valence-electron chi connectivity index (χ0n) is 14.8. The Hall–Kier alpha value is -2.57. The molecule has 1 heterocycles. The van der Waals surface area contributed by atoms with E-state index < -0.39 is 0 Å². The Morgan fingerprint density at radius 2 is 1.85 bits per heavy atom. The molecule has 0 radical (unpaired) electrons. The van der Waals surface area contributed by atoms with Crippen molar-refractivity contribution in [3.8, 4) is 5.75 Å². The van der Waals surface area contributed by atoms with Crippen molar-refractivity contribution < 1.29 is 19.1 Å². The Balaban J connectivity index is 1.50. The number of ether oxygens (including phenoxy) is 2. The van der Waals surface area contributed by atoms with Gasteiger partial charge < -0.3 is 19.7 Å². The number of anilines is 1. The molecule has 2 aromatic rings. The maximum atomic E-state index is 12.5. The minimum atomic E-state index is -0.181. The Labute approximate surface area is 163 Å². The van der Waals surface area contributed by atoms with Crippen molar-refractivity contribution in [2.75, 3.05) is 38.2 Å². The molecule has 0 aromatic heterocycles. The molecule has 0 spiro atoms. The van der Waals surface area contributed by atoms with Crippen LogP contribution < -0.4 is 10.1 Å². The molecule has 1 aliphatic rings. The SMILES string of the molecule is O=C(CCOc1ccc(Cl)cc1)Nc1cccc(C(=O)N2CCOCC2)c1. The summed E-state index contributed by atoms with van der Waals surface area (Å²) in [6.07, 6.45) is 0.199. The highest BCUT2D eigenvalue weighted by molar-refractivity contribution is 6.30. The van der Waals surface area contributed by atoms with Crippen LogP contribution in [-0.4, -0.2) is 49.6 Å². The highest BCUT2D eigenvalue weighted by Crippen LogP contribution is 2.16. The molecule has 2 amide bonds. The van der Waals surface area contributed by atoms with Crippen molar-refractivity contribution in [3.05, 3.63) is 59.1 Å². The topological polar surface area (TPSA) is 67.9 Å². The molecule has 2 aromatic carbocycles. The number of amides is 2. The summed E-state index contributed by atoms with van der Waals surface area (Å²) in [6.45, 7) is 2.51. The number of benzene rings is 2. The van der Waals surface area contributed by atoms with Crippen molar-refractivity contribution in [1.29, 1.82) is 0 Å². The molecule has 6 nitrogen and oxygen atoms in total. The van der Waals surface area contributed by atoms with Gasteiger partial charge in [-0.25, -0.2) is 0 Å². The lowest BCUT2D eigenvalue weighted by atomic mass is 10.1. The van der Waals surface area contributed by atoms with Crippen molar-refractivity contribution in [2.24, 2.45) is 0 Å². The van der Waals surface area contributed by atoms with Gasteiger partial charge in [0.05, 0.1) is 26.2 Å². The first-order valence-electron chi connectivity index (χ1n) is 8.77. The van der Waals surface area contributed by atoms with Crippen molar-refractivity contribution >= 4 is 29.1 Å². The number of carbonyl (C=O) groups is 2. The molecule has 0 saturated carbocycles. The summed E-state index contributed by atoms with van der Waals surface area (Å²) < 4.78 is 10.8. The van der Waals surface area contributed by atoms with E-state index in [0.29, 0.717) is 48.3 Å². The summed E-state index contributed by atoms with van der Waals surface area (Å²) in [6, 6.07) is 13.9. The van der Waals surface area contributed by atoms with E-state index in [0.717, 1.165) is 0 Å². The van der Waals surface area contributed by atoms with Gasteiger partial charge in [0.25, 0.3) is 5.91 Å². The van der Waals surface area contributed by atoms with Crippen LogP contribution in [0.3, 0.4) is 0 Å². The van der Waals surface area contributed by atoms with Gasteiger partial charge >= 0.3 is 0 Å². The second-order valence-corrected chi connectivity index (χ2v) is 6.52. The van der Waals surface area contributed by atoms with Crippen LogP contribution in [0.2, 0.25) is 5.02 Å². The van der Waals surface area contributed by atoms with Gasteiger partial charge in [0.2, 0.25) is 5.91 Å². The molecule has 0 aliphatic carbocycles. The van der Waals surface area contributed by atoms with Gasteiger partial charge in [-0.2, -0.15) is 0 Å². The Kier molecular flexibility index (Phi) is 6.68. The zero-order valence-corrected chi connectivity index (χ0v) is 15.6. The number of hydrogen-bond acceptors (Lipinski definition) is 4.